The molecule has 1 N–H and O–H groups in total. The standard InChI is InChI=1S/C20H28N4O2/c1-14-16-7-5-6-8-17(16)23-18(22-14)21-13-15-9-11-24(12-10-15)19(25)26-20(2,3)4/h5-8,15H,9-13H2,1-4H3,(H,21,22,23). The van der Waals surface area contributed by atoms with Crippen LogP contribution in [0.1, 0.15) is 39.3 Å². The third-order valence-electron chi connectivity index (χ3n) is 4.61. The van der Waals surface area contributed by atoms with Crippen LogP contribution >= 0.6 is 0 Å². The van der Waals surface area contributed by atoms with E-state index >= 15 is 0 Å². The molecule has 2 heterocycles. The molecule has 6 heteroatoms. The molecule has 1 amide bonds. The van der Waals surface area contributed by atoms with E-state index < -0.39 is 5.60 Å². The van der Waals surface area contributed by atoms with E-state index in [1.165, 1.54) is 0 Å². The summed E-state index contributed by atoms with van der Waals surface area (Å²) in [4.78, 5) is 23.1. The number of carbonyl (C=O) groups excluding carboxylic acids is 1. The maximum atomic E-state index is 12.1. The van der Waals surface area contributed by atoms with Gasteiger partial charge in [-0.1, -0.05) is 18.2 Å². The summed E-state index contributed by atoms with van der Waals surface area (Å²) in [6.45, 7) is 9.99. The lowest BCUT2D eigenvalue weighted by Gasteiger charge is -2.33. The molecule has 0 atom stereocenters. The van der Waals surface area contributed by atoms with Crippen molar-refractivity contribution in [2.24, 2.45) is 5.92 Å². The van der Waals surface area contributed by atoms with Crippen LogP contribution in [0.2, 0.25) is 0 Å². The molecule has 1 fully saturated rings. The maximum Gasteiger partial charge on any atom is 0.410 e. The molecule has 0 spiro atoms. The molecule has 0 radical (unpaired) electrons. The fourth-order valence-electron chi connectivity index (χ4n) is 3.20. The van der Waals surface area contributed by atoms with E-state index in [9.17, 15) is 4.79 Å². The van der Waals surface area contributed by atoms with Gasteiger partial charge >= 0.3 is 6.09 Å². The highest BCUT2D eigenvalue weighted by atomic mass is 16.6. The number of hydrogen-bond donors (Lipinski definition) is 1. The van der Waals surface area contributed by atoms with Crippen LogP contribution in [0, 0.1) is 12.8 Å². The maximum absolute atomic E-state index is 12.1. The summed E-state index contributed by atoms with van der Waals surface area (Å²) in [6.07, 6.45) is 1.70. The van der Waals surface area contributed by atoms with Gasteiger partial charge in [-0.3, -0.25) is 0 Å². The topological polar surface area (TPSA) is 67.4 Å². The van der Waals surface area contributed by atoms with Crippen molar-refractivity contribution in [3.63, 3.8) is 0 Å². The van der Waals surface area contributed by atoms with Gasteiger partial charge in [0.25, 0.3) is 0 Å². The van der Waals surface area contributed by atoms with E-state index in [0.717, 1.165) is 49.1 Å². The van der Waals surface area contributed by atoms with Gasteiger partial charge in [0.05, 0.1) is 11.2 Å². The number of piperidine rings is 1. The summed E-state index contributed by atoms with van der Waals surface area (Å²) in [5.41, 5.74) is 1.50. The lowest BCUT2D eigenvalue weighted by Crippen LogP contribution is -2.42. The molecule has 2 aromatic rings. The van der Waals surface area contributed by atoms with Crippen molar-refractivity contribution in [1.29, 1.82) is 0 Å². The zero-order valence-electron chi connectivity index (χ0n) is 16.1. The van der Waals surface area contributed by atoms with Crippen molar-refractivity contribution < 1.29 is 9.53 Å². The van der Waals surface area contributed by atoms with Gasteiger partial charge in [0.15, 0.2) is 0 Å². The van der Waals surface area contributed by atoms with Crippen molar-refractivity contribution in [2.45, 2.75) is 46.1 Å². The van der Waals surface area contributed by atoms with Gasteiger partial charge in [-0.25, -0.2) is 14.8 Å². The second-order valence-electron chi connectivity index (χ2n) is 7.94. The molecule has 1 saturated heterocycles. The highest BCUT2D eigenvalue weighted by Gasteiger charge is 2.26. The first-order chi connectivity index (χ1) is 12.3. The Morgan fingerprint density at radius 1 is 1.23 bits per heavy atom. The van der Waals surface area contributed by atoms with Crippen molar-refractivity contribution in [3.05, 3.63) is 30.0 Å². The fourth-order valence-corrected chi connectivity index (χ4v) is 3.20. The number of fused-ring (bicyclic) bond motifs is 1. The summed E-state index contributed by atoms with van der Waals surface area (Å²) in [7, 11) is 0. The number of aromatic nitrogens is 2. The summed E-state index contributed by atoms with van der Waals surface area (Å²) >= 11 is 0. The number of aryl methyl sites for hydroxylation is 1. The summed E-state index contributed by atoms with van der Waals surface area (Å²) in [5, 5.41) is 4.46. The number of benzene rings is 1. The molecular weight excluding hydrogens is 328 g/mol. The number of likely N-dealkylation sites (tertiary alicyclic amines) is 1. The third-order valence-corrected chi connectivity index (χ3v) is 4.61. The SMILES string of the molecule is Cc1nc(NCC2CCN(C(=O)OC(C)(C)C)CC2)nc2ccccc12. The van der Waals surface area contributed by atoms with E-state index in [0.29, 0.717) is 11.9 Å². The Balaban J connectivity index is 1.52. The minimum atomic E-state index is -0.444. The zero-order valence-corrected chi connectivity index (χ0v) is 16.1. The van der Waals surface area contributed by atoms with Gasteiger partial charge < -0.3 is 15.0 Å². The first-order valence-electron chi connectivity index (χ1n) is 9.27. The molecule has 6 nitrogen and oxygen atoms in total. The number of para-hydroxylation sites is 1. The molecule has 3 rings (SSSR count). The molecule has 1 aromatic heterocycles. The number of carbonyl (C=O) groups is 1. The van der Waals surface area contributed by atoms with Crippen LogP contribution in [-0.4, -0.2) is 46.2 Å². The van der Waals surface area contributed by atoms with Crippen LogP contribution in [0.25, 0.3) is 10.9 Å². The zero-order chi connectivity index (χ0) is 18.7. The van der Waals surface area contributed by atoms with Gasteiger partial charge in [-0.15, -0.1) is 0 Å². The number of anilines is 1. The van der Waals surface area contributed by atoms with Crippen molar-refractivity contribution in [1.82, 2.24) is 14.9 Å². The number of rotatable bonds is 3. The van der Waals surface area contributed by atoms with Gasteiger partial charge in [0, 0.05) is 25.0 Å². The van der Waals surface area contributed by atoms with Gasteiger partial charge in [-0.2, -0.15) is 0 Å². The Kier molecular flexibility index (Phi) is 5.30. The molecule has 0 aliphatic carbocycles. The van der Waals surface area contributed by atoms with E-state index in [-0.39, 0.29) is 6.09 Å². The minimum absolute atomic E-state index is 0.211. The lowest BCUT2D eigenvalue weighted by atomic mass is 9.97. The minimum Gasteiger partial charge on any atom is -0.444 e. The van der Waals surface area contributed by atoms with Crippen LogP contribution < -0.4 is 5.32 Å². The first-order valence-corrected chi connectivity index (χ1v) is 9.27. The summed E-state index contributed by atoms with van der Waals surface area (Å²) in [6, 6.07) is 8.05. The van der Waals surface area contributed by atoms with Crippen molar-refractivity contribution >= 4 is 22.9 Å². The summed E-state index contributed by atoms with van der Waals surface area (Å²) < 4.78 is 5.45. The molecule has 0 bridgehead atoms. The molecule has 1 aliphatic rings. The van der Waals surface area contributed by atoms with Crippen LogP contribution in [0.4, 0.5) is 10.7 Å². The van der Waals surface area contributed by atoms with Crippen molar-refractivity contribution in [3.8, 4) is 0 Å². The Hall–Kier alpha value is -2.37. The van der Waals surface area contributed by atoms with Crippen molar-refractivity contribution in [2.75, 3.05) is 25.0 Å². The molecule has 1 aromatic carbocycles. The van der Waals surface area contributed by atoms with E-state index in [2.05, 4.69) is 15.3 Å². The van der Waals surface area contributed by atoms with Crippen LogP contribution in [-0.2, 0) is 4.74 Å². The largest absolute Gasteiger partial charge is 0.444 e. The van der Waals surface area contributed by atoms with Gasteiger partial charge in [-0.05, 0) is 52.5 Å². The van der Waals surface area contributed by atoms with E-state index in [1.807, 2.05) is 52.0 Å². The van der Waals surface area contributed by atoms with E-state index in [1.54, 1.807) is 4.90 Å². The Morgan fingerprint density at radius 3 is 2.62 bits per heavy atom. The fraction of sp³-hybridized carbons (Fsp3) is 0.550. The lowest BCUT2D eigenvalue weighted by molar-refractivity contribution is 0.0188. The van der Waals surface area contributed by atoms with Gasteiger partial charge in [0.1, 0.15) is 5.60 Å². The first kappa shape index (κ1) is 18.4. The third kappa shape index (κ3) is 4.62. The highest BCUT2D eigenvalue weighted by Crippen LogP contribution is 2.21. The summed E-state index contributed by atoms with van der Waals surface area (Å²) in [5.74, 6) is 1.18. The number of nitrogens with zero attached hydrogens (tertiary/aromatic N) is 3. The molecule has 26 heavy (non-hydrogen) atoms. The second kappa shape index (κ2) is 7.48. The predicted octanol–water partition coefficient (Wildman–Crippen LogP) is 4.00. The molecule has 1 aliphatic heterocycles. The predicted molar refractivity (Wildman–Crippen MR) is 103 cm³/mol. The average molecular weight is 356 g/mol. The second-order valence-corrected chi connectivity index (χ2v) is 7.94. The Labute approximate surface area is 155 Å². The normalized spacial score (nSPS) is 15.9. The smallest absolute Gasteiger partial charge is 0.410 e. The quantitative estimate of drug-likeness (QED) is 0.900. The van der Waals surface area contributed by atoms with Crippen LogP contribution in [0.5, 0.6) is 0 Å². The van der Waals surface area contributed by atoms with Gasteiger partial charge in [0.2, 0.25) is 5.95 Å². The van der Waals surface area contributed by atoms with E-state index in [4.69, 9.17) is 4.74 Å². The molecule has 140 valence electrons. The molecular formula is C20H28N4O2. The number of hydrogen-bond acceptors (Lipinski definition) is 5. The number of ether oxygens (including phenoxy) is 1. The number of amides is 1. The molecule has 0 saturated carbocycles. The number of nitrogens with one attached hydrogen (secondary N) is 1. The van der Waals surface area contributed by atoms with Crippen LogP contribution in [0.3, 0.4) is 0 Å². The molecule has 0 unspecified atom stereocenters. The average Bonchev–Trinajstić information content (AvgIpc) is 2.59. The Morgan fingerprint density at radius 2 is 1.92 bits per heavy atom. The monoisotopic (exact) mass is 356 g/mol. The Bertz CT molecular complexity index is 777. The van der Waals surface area contributed by atoms with Crippen LogP contribution in [0.15, 0.2) is 24.3 Å². The highest BCUT2D eigenvalue weighted by molar-refractivity contribution is 5.81.